The average Bonchev–Trinajstić information content (AvgIpc) is 3.10. The van der Waals surface area contributed by atoms with Gasteiger partial charge in [-0.1, -0.05) is 0 Å². The van der Waals surface area contributed by atoms with Crippen LogP contribution >= 0.6 is 0 Å². The lowest BCUT2D eigenvalue weighted by Crippen LogP contribution is -2.45. The lowest BCUT2D eigenvalue weighted by molar-refractivity contribution is -0.134. The highest BCUT2D eigenvalue weighted by Crippen LogP contribution is 2.36. The number of nitrogens with one attached hydrogen (secondary N) is 2. The Labute approximate surface area is 191 Å². The highest BCUT2D eigenvalue weighted by molar-refractivity contribution is 6.02. The molecule has 2 N–H and O–H groups in total. The molecule has 5 rings (SSSR count). The number of likely N-dealkylation sites (tertiary alicyclic amines) is 1. The Bertz CT molecular complexity index is 1060. The minimum Gasteiger partial charge on any atom is -0.314 e. The van der Waals surface area contributed by atoms with Crippen LogP contribution in [0.3, 0.4) is 0 Å². The molecule has 0 saturated carbocycles. The molecule has 0 radical (unpaired) electrons. The van der Waals surface area contributed by atoms with Crippen LogP contribution in [0.5, 0.6) is 0 Å². The molecule has 4 heterocycles. The van der Waals surface area contributed by atoms with Crippen molar-refractivity contribution in [1.82, 2.24) is 25.3 Å². The Morgan fingerprint density at radius 2 is 1.94 bits per heavy atom. The standard InChI is InChI=1S/C24H31F2N5O2/c1-30-21-11-17(14-5-8-31(9-6-14)13-15-4-7-27-12-20(15)26)19(25)10-18(21)23(29-30)16-2-3-22(32)28-24(16)33/h10-11,14-16,20,27H,2-9,12-13H2,1H3,(H,28,32,33)/t15-,16?,20-/m0/s1. The largest absolute Gasteiger partial charge is 0.314 e. The number of halogens is 2. The van der Waals surface area contributed by atoms with E-state index < -0.39 is 12.1 Å². The number of carbonyl (C=O) groups is 2. The van der Waals surface area contributed by atoms with Gasteiger partial charge in [0.2, 0.25) is 11.8 Å². The summed E-state index contributed by atoms with van der Waals surface area (Å²) in [7, 11) is 1.80. The number of amides is 2. The van der Waals surface area contributed by atoms with Crippen molar-refractivity contribution in [1.29, 1.82) is 0 Å². The molecule has 1 aromatic carbocycles. The third-order valence-electron chi connectivity index (χ3n) is 7.63. The van der Waals surface area contributed by atoms with Crippen LogP contribution in [0.4, 0.5) is 8.78 Å². The Morgan fingerprint density at radius 3 is 2.67 bits per heavy atom. The molecule has 33 heavy (non-hydrogen) atoms. The molecular formula is C24H31F2N5O2. The second kappa shape index (κ2) is 9.10. The van der Waals surface area contributed by atoms with E-state index in [1.165, 1.54) is 6.07 Å². The molecule has 3 aliphatic rings. The summed E-state index contributed by atoms with van der Waals surface area (Å²) in [6.45, 7) is 3.77. The summed E-state index contributed by atoms with van der Waals surface area (Å²) in [6, 6.07) is 3.38. The van der Waals surface area contributed by atoms with Crippen LogP contribution in [0.2, 0.25) is 0 Å². The molecule has 3 aliphatic heterocycles. The quantitative estimate of drug-likeness (QED) is 0.687. The Morgan fingerprint density at radius 1 is 1.15 bits per heavy atom. The molecule has 2 aromatic rings. The van der Waals surface area contributed by atoms with E-state index in [1.807, 2.05) is 6.07 Å². The number of alkyl halides is 1. The molecule has 3 atom stereocenters. The molecule has 9 heteroatoms. The Kier molecular flexibility index (Phi) is 6.18. The van der Waals surface area contributed by atoms with E-state index >= 15 is 4.39 Å². The fraction of sp³-hybridized carbons (Fsp3) is 0.625. The van der Waals surface area contributed by atoms with Crippen molar-refractivity contribution < 1.29 is 18.4 Å². The van der Waals surface area contributed by atoms with E-state index in [1.54, 1.807) is 11.7 Å². The van der Waals surface area contributed by atoms with Gasteiger partial charge in [-0.2, -0.15) is 5.10 Å². The number of aromatic nitrogens is 2. The van der Waals surface area contributed by atoms with Crippen molar-refractivity contribution in [2.75, 3.05) is 32.7 Å². The van der Waals surface area contributed by atoms with Gasteiger partial charge in [0.1, 0.15) is 12.0 Å². The molecule has 1 unspecified atom stereocenters. The van der Waals surface area contributed by atoms with Gasteiger partial charge in [0, 0.05) is 37.9 Å². The zero-order valence-corrected chi connectivity index (χ0v) is 18.9. The number of rotatable bonds is 4. The first-order chi connectivity index (χ1) is 15.9. The topological polar surface area (TPSA) is 79.3 Å². The van der Waals surface area contributed by atoms with Crippen LogP contribution < -0.4 is 10.6 Å². The second-order valence-corrected chi connectivity index (χ2v) is 9.75. The van der Waals surface area contributed by atoms with Crippen molar-refractivity contribution in [2.45, 2.75) is 50.1 Å². The van der Waals surface area contributed by atoms with E-state index in [0.29, 0.717) is 29.6 Å². The van der Waals surface area contributed by atoms with Crippen LogP contribution in [0.15, 0.2) is 12.1 Å². The minimum absolute atomic E-state index is 0.0797. The van der Waals surface area contributed by atoms with Crippen molar-refractivity contribution in [2.24, 2.45) is 13.0 Å². The molecule has 2 amide bonds. The third kappa shape index (κ3) is 4.40. The van der Waals surface area contributed by atoms with E-state index in [9.17, 15) is 14.0 Å². The molecule has 0 bridgehead atoms. The van der Waals surface area contributed by atoms with E-state index in [2.05, 4.69) is 20.6 Å². The number of hydrogen-bond donors (Lipinski definition) is 2. The smallest absolute Gasteiger partial charge is 0.235 e. The first kappa shape index (κ1) is 22.4. The Balaban J connectivity index is 1.31. The second-order valence-electron chi connectivity index (χ2n) is 9.75. The molecule has 7 nitrogen and oxygen atoms in total. The fourth-order valence-electron chi connectivity index (χ4n) is 5.68. The summed E-state index contributed by atoms with van der Waals surface area (Å²) < 4.78 is 31.2. The first-order valence-electron chi connectivity index (χ1n) is 12.0. The maximum absolute atomic E-state index is 15.3. The van der Waals surface area contributed by atoms with Crippen molar-refractivity contribution in [3.8, 4) is 0 Å². The molecule has 1 aromatic heterocycles. The van der Waals surface area contributed by atoms with Gasteiger partial charge < -0.3 is 10.2 Å². The van der Waals surface area contributed by atoms with E-state index in [0.717, 1.165) is 51.0 Å². The van der Waals surface area contributed by atoms with Gasteiger partial charge in [0.25, 0.3) is 0 Å². The van der Waals surface area contributed by atoms with Crippen molar-refractivity contribution in [3.05, 3.63) is 29.2 Å². The summed E-state index contributed by atoms with van der Waals surface area (Å²) in [5.74, 6) is -1.28. The molecule has 3 fully saturated rings. The average molecular weight is 460 g/mol. The number of aryl methyl sites for hydroxylation is 1. The summed E-state index contributed by atoms with van der Waals surface area (Å²) in [5, 5.41) is 10.6. The van der Waals surface area contributed by atoms with E-state index in [4.69, 9.17) is 0 Å². The van der Waals surface area contributed by atoms with Gasteiger partial charge >= 0.3 is 0 Å². The number of carbonyl (C=O) groups excluding carboxylic acids is 2. The molecule has 0 aliphatic carbocycles. The summed E-state index contributed by atoms with van der Waals surface area (Å²) in [5.41, 5.74) is 2.01. The molecule has 0 spiro atoms. The lowest BCUT2D eigenvalue weighted by atomic mass is 9.86. The van der Waals surface area contributed by atoms with Crippen molar-refractivity contribution in [3.63, 3.8) is 0 Å². The number of fused-ring (bicyclic) bond motifs is 1. The minimum atomic E-state index is -0.792. The normalized spacial score (nSPS) is 27.8. The van der Waals surface area contributed by atoms with Gasteiger partial charge in [0.15, 0.2) is 0 Å². The monoisotopic (exact) mass is 459 g/mol. The zero-order chi connectivity index (χ0) is 23.1. The van der Waals surface area contributed by atoms with Crippen molar-refractivity contribution >= 4 is 22.7 Å². The maximum atomic E-state index is 15.3. The number of benzene rings is 1. The molecule has 3 saturated heterocycles. The van der Waals surface area contributed by atoms with Gasteiger partial charge in [0.05, 0.1) is 17.1 Å². The summed E-state index contributed by atoms with van der Waals surface area (Å²) in [4.78, 5) is 26.2. The predicted octanol–water partition coefficient (Wildman–Crippen LogP) is 2.36. The number of nitrogens with zero attached hydrogens (tertiary/aromatic N) is 3. The fourth-order valence-corrected chi connectivity index (χ4v) is 5.68. The third-order valence-corrected chi connectivity index (χ3v) is 7.63. The summed E-state index contributed by atoms with van der Waals surface area (Å²) >= 11 is 0. The number of piperidine rings is 3. The lowest BCUT2D eigenvalue weighted by Gasteiger charge is -2.36. The zero-order valence-electron chi connectivity index (χ0n) is 18.9. The summed E-state index contributed by atoms with van der Waals surface area (Å²) in [6.07, 6.45) is 2.38. The van der Waals surface area contributed by atoms with Gasteiger partial charge in [-0.15, -0.1) is 0 Å². The van der Waals surface area contributed by atoms with Gasteiger partial charge in [-0.25, -0.2) is 8.78 Å². The molecular weight excluding hydrogens is 428 g/mol. The van der Waals surface area contributed by atoms with Gasteiger partial charge in [-0.05, 0) is 68.9 Å². The van der Waals surface area contributed by atoms with Gasteiger partial charge in [-0.3, -0.25) is 19.6 Å². The maximum Gasteiger partial charge on any atom is 0.235 e. The highest BCUT2D eigenvalue weighted by atomic mass is 19.1. The molecule has 178 valence electrons. The van der Waals surface area contributed by atoms with Crippen LogP contribution in [0, 0.1) is 11.7 Å². The SMILES string of the molecule is Cn1nc(C2CCC(=O)NC2=O)c2cc(F)c(C3CCN(C[C@@H]4CCNC[C@@H]4F)CC3)cc21. The predicted molar refractivity (Wildman–Crippen MR) is 120 cm³/mol. The van der Waals surface area contributed by atoms with Crippen LogP contribution in [-0.2, 0) is 16.6 Å². The number of hydrogen-bond acceptors (Lipinski definition) is 5. The van der Waals surface area contributed by atoms with Crippen LogP contribution in [0.25, 0.3) is 10.9 Å². The van der Waals surface area contributed by atoms with Crippen LogP contribution in [0.1, 0.15) is 55.2 Å². The first-order valence-corrected chi connectivity index (χ1v) is 12.0. The highest BCUT2D eigenvalue weighted by Gasteiger charge is 2.33. The number of imide groups is 1. The Hall–Kier alpha value is -2.39. The van der Waals surface area contributed by atoms with Crippen LogP contribution in [-0.4, -0.2) is 65.4 Å². The van der Waals surface area contributed by atoms with E-state index in [-0.39, 0.29) is 35.9 Å².